The Morgan fingerprint density at radius 3 is 2.77 bits per heavy atom. The lowest BCUT2D eigenvalue weighted by molar-refractivity contribution is -0.126. The number of carbonyl (C=O) groups is 2. The molecular weight excluding hydrogens is 176 g/mol. The van der Waals surface area contributed by atoms with Gasteiger partial charge in [0.2, 0.25) is 0 Å². The van der Waals surface area contributed by atoms with E-state index in [0.717, 1.165) is 4.90 Å². The van der Waals surface area contributed by atoms with Gasteiger partial charge in [-0.2, -0.15) is 0 Å². The molecule has 0 aromatic rings. The van der Waals surface area contributed by atoms with Crippen molar-refractivity contribution in [3.63, 3.8) is 0 Å². The zero-order valence-corrected chi connectivity index (χ0v) is 7.19. The molecule has 0 aromatic heterocycles. The van der Waals surface area contributed by atoms with Gasteiger partial charge in [-0.15, -0.1) is 0 Å². The van der Waals surface area contributed by atoms with Crippen molar-refractivity contribution in [2.45, 2.75) is 0 Å². The first kappa shape index (κ1) is 9.94. The van der Waals surface area contributed by atoms with E-state index in [9.17, 15) is 9.59 Å². The number of amides is 2. The van der Waals surface area contributed by atoms with Crippen LogP contribution in [0.1, 0.15) is 0 Å². The molecule has 0 unspecified atom stereocenters. The van der Waals surface area contributed by atoms with E-state index in [1.807, 2.05) is 0 Å². The Kier molecular flexibility index (Phi) is 3.66. The van der Waals surface area contributed by atoms with E-state index in [1.165, 1.54) is 0 Å². The summed E-state index contributed by atoms with van der Waals surface area (Å²) in [6, 6.07) is 0. The Bertz CT molecular complexity index is 191. The van der Waals surface area contributed by atoms with Crippen LogP contribution in [0.5, 0.6) is 0 Å². The third-order valence-corrected chi connectivity index (χ3v) is 1.56. The lowest BCUT2D eigenvalue weighted by Gasteiger charge is -2.09. The molecule has 13 heavy (non-hydrogen) atoms. The van der Waals surface area contributed by atoms with Gasteiger partial charge in [0.05, 0.1) is 19.8 Å². The second-order valence-corrected chi connectivity index (χ2v) is 2.50. The second kappa shape index (κ2) is 4.78. The van der Waals surface area contributed by atoms with Crippen molar-refractivity contribution in [2.24, 2.45) is 5.73 Å². The van der Waals surface area contributed by atoms with E-state index in [0.29, 0.717) is 19.8 Å². The smallest absolute Gasteiger partial charge is 0.417 e. The minimum atomic E-state index is -0.596. The number of rotatable bonds is 5. The van der Waals surface area contributed by atoms with Gasteiger partial charge in [-0.1, -0.05) is 0 Å². The van der Waals surface area contributed by atoms with Crippen molar-refractivity contribution >= 4 is 12.0 Å². The molecule has 0 radical (unpaired) electrons. The maximum absolute atomic E-state index is 10.9. The average molecular weight is 188 g/mol. The number of cyclic esters (lactones) is 1. The van der Waals surface area contributed by atoms with Crippen LogP contribution in [-0.4, -0.2) is 49.8 Å². The number of hydrogen-bond acceptors (Lipinski definition) is 5. The third kappa shape index (κ3) is 2.67. The lowest BCUT2D eigenvalue weighted by Crippen LogP contribution is -2.32. The van der Waals surface area contributed by atoms with Crippen molar-refractivity contribution in [3.05, 3.63) is 0 Å². The van der Waals surface area contributed by atoms with Gasteiger partial charge in [0.1, 0.15) is 0 Å². The summed E-state index contributed by atoms with van der Waals surface area (Å²) in [5, 5.41) is 0. The van der Waals surface area contributed by atoms with Gasteiger partial charge >= 0.3 is 6.09 Å². The summed E-state index contributed by atoms with van der Waals surface area (Å²) >= 11 is 0. The fraction of sp³-hybridized carbons (Fsp3) is 0.714. The molecule has 0 atom stereocenters. The van der Waals surface area contributed by atoms with Gasteiger partial charge in [-0.3, -0.25) is 4.79 Å². The van der Waals surface area contributed by atoms with Gasteiger partial charge < -0.3 is 15.2 Å². The van der Waals surface area contributed by atoms with Crippen LogP contribution >= 0.6 is 0 Å². The monoisotopic (exact) mass is 188 g/mol. The summed E-state index contributed by atoms with van der Waals surface area (Å²) in [6.07, 6.45) is -0.596. The third-order valence-electron chi connectivity index (χ3n) is 1.56. The number of imide groups is 1. The molecule has 2 amide bonds. The number of nitrogens with two attached hydrogens (primary N) is 1. The molecule has 1 heterocycles. The molecule has 0 aliphatic carbocycles. The highest BCUT2D eigenvalue weighted by atomic mass is 16.6. The molecule has 1 aliphatic heterocycles. The summed E-state index contributed by atoms with van der Waals surface area (Å²) in [7, 11) is 0. The second-order valence-electron chi connectivity index (χ2n) is 2.50. The average Bonchev–Trinajstić information content (AvgIpc) is 2.42. The number of ether oxygens (including phenoxy) is 2. The van der Waals surface area contributed by atoms with E-state index >= 15 is 0 Å². The fourth-order valence-corrected chi connectivity index (χ4v) is 0.938. The molecule has 0 saturated carbocycles. The summed E-state index contributed by atoms with van der Waals surface area (Å²) in [6.45, 7) is 1.24. The van der Waals surface area contributed by atoms with Crippen LogP contribution < -0.4 is 5.73 Å². The van der Waals surface area contributed by atoms with Gasteiger partial charge in [-0.25, -0.2) is 9.69 Å². The molecule has 6 heteroatoms. The predicted molar refractivity (Wildman–Crippen MR) is 42.9 cm³/mol. The van der Waals surface area contributed by atoms with E-state index < -0.39 is 6.09 Å². The number of hydrogen-bond donors (Lipinski definition) is 1. The van der Waals surface area contributed by atoms with Crippen molar-refractivity contribution in [1.82, 2.24) is 4.90 Å². The Labute approximate surface area is 75.6 Å². The van der Waals surface area contributed by atoms with E-state index in [-0.39, 0.29) is 19.1 Å². The Hall–Kier alpha value is -1.14. The molecule has 1 fully saturated rings. The summed E-state index contributed by atoms with van der Waals surface area (Å²) in [5.74, 6) is -0.318. The number of nitrogens with zero attached hydrogens (tertiary/aromatic N) is 1. The zero-order chi connectivity index (χ0) is 9.68. The largest absolute Gasteiger partial charge is 0.439 e. The molecule has 2 N–H and O–H groups in total. The highest BCUT2D eigenvalue weighted by molar-refractivity contribution is 5.97. The Balaban J connectivity index is 2.20. The van der Waals surface area contributed by atoms with Crippen LogP contribution in [0.15, 0.2) is 0 Å². The summed E-state index contributed by atoms with van der Waals surface area (Å²) in [4.78, 5) is 22.8. The Morgan fingerprint density at radius 1 is 1.46 bits per heavy atom. The minimum absolute atomic E-state index is 0.157. The lowest BCUT2D eigenvalue weighted by atomic mass is 10.5. The van der Waals surface area contributed by atoms with Crippen LogP contribution in [0.4, 0.5) is 4.79 Å². The number of carbonyl (C=O) groups excluding carboxylic acids is 2. The summed E-state index contributed by atoms with van der Waals surface area (Å²) < 4.78 is 9.51. The highest BCUT2D eigenvalue weighted by Crippen LogP contribution is 2.03. The van der Waals surface area contributed by atoms with E-state index in [1.54, 1.807) is 0 Å². The first-order valence-electron chi connectivity index (χ1n) is 4.00. The van der Waals surface area contributed by atoms with Crippen molar-refractivity contribution < 1.29 is 19.1 Å². The quantitative estimate of drug-likeness (QED) is 0.556. The fourth-order valence-electron chi connectivity index (χ4n) is 0.938. The van der Waals surface area contributed by atoms with E-state index in [2.05, 4.69) is 4.74 Å². The molecule has 1 rings (SSSR count). The normalized spacial score (nSPS) is 16.5. The predicted octanol–water partition coefficient (Wildman–Crippen LogP) is -1.06. The molecule has 0 spiro atoms. The van der Waals surface area contributed by atoms with Crippen LogP contribution in [0.25, 0.3) is 0 Å². The van der Waals surface area contributed by atoms with Crippen LogP contribution in [0.2, 0.25) is 0 Å². The van der Waals surface area contributed by atoms with Gasteiger partial charge in [0.25, 0.3) is 5.91 Å². The van der Waals surface area contributed by atoms with Gasteiger partial charge in [-0.05, 0) is 0 Å². The van der Waals surface area contributed by atoms with Crippen molar-refractivity contribution in [2.75, 3.05) is 32.9 Å². The van der Waals surface area contributed by atoms with E-state index in [4.69, 9.17) is 10.5 Å². The first-order chi connectivity index (χ1) is 6.25. The first-order valence-corrected chi connectivity index (χ1v) is 4.00. The Morgan fingerprint density at radius 2 is 2.23 bits per heavy atom. The summed E-state index contributed by atoms with van der Waals surface area (Å²) in [5.41, 5.74) is 5.18. The molecule has 74 valence electrons. The maximum atomic E-state index is 10.9. The van der Waals surface area contributed by atoms with Crippen LogP contribution in [0.3, 0.4) is 0 Å². The topological polar surface area (TPSA) is 81.9 Å². The molecule has 1 aliphatic rings. The molecule has 0 bridgehead atoms. The van der Waals surface area contributed by atoms with Crippen LogP contribution in [0, 0.1) is 0 Å². The molecule has 1 saturated heterocycles. The van der Waals surface area contributed by atoms with Crippen molar-refractivity contribution in [3.8, 4) is 0 Å². The molecule has 6 nitrogen and oxygen atoms in total. The maximum Gasteiger partial charge on any atom is 0.417 e. The standard InChI is InChI=1S/C7H12N2O4/c8-1-3-12-4-2-9-6(10)5-13-7(9)11/h1-5,8H2. The zero-order valence-electron chi connectivity index (χ0n) is 7.19. The minimum Gasteiger partial charge on any atom is -0.439 e. The van der Waals surface area contributed by atoms with Crippen molar-refractivity contribution in [1.29, 1.82) is 0 Å². The molecular formula is C7H12N2O4. The van der Waals surface area contributed by atoms with Gasteiger partial charge in [0, 0.05) is 6.54 Å². The van der Waals surface area contributed by atoms with Crippen LogP contribution in [-0.2, 0) is 14.3 Å². The SMILES string of the molecule is NCCOCCN1C(=O)COC1=O. The molecule has 0 aromatic carbocycles. The van der Waals surface area contributed by atoms with Gasteiger partial charge in [0.15, 0.2) is 6.61 Å². The highest BCUT2D eigenvalue weighted by Gasteiger charge is 2.30.